The van der Waals surface area contributed by atoms with Gasteiger partial charge in [0.25, 0.3) is 0 Å². The predicted octanol–water partition coefficient (Wildman–Crippen LogP) is 5.47. The van der Waals surface area contributed by atoms with Crippen LogP contribution in [-0.4, -0.2) is 21.5 Å². The summed E-state index contributed by atoms with van der Waals surface area (Å²) < 4.78 is 22.0. The van der Waals surface area contributed by atoms with Crippen molar-refractivity contribution in [2.45, 2.75) is 70.5 Å². The van der Waals surface area contributed by atoms with Gasteiger partial charge in [0.15, 0.2) is 0 Å². The van der Waals surface area contributed by atoms with Crippen molar-refractivity contribution in [3.63, 3.8) is 0 Å². The number of halogens is 1. The van der Waals surface area contributed by atoms with Crippen LogP contribution in [0.25, 0.3) is 11.8 Å². The molecule has 0 radical (unpaired) electrons. The lowest BCUT2D eigenvalue weighted by atomic mass is 9.56. The van der Waals surface area contributed by atoms with Crippen molar-refractivity contribution in [1.29, 1.82) is 0 Å². The normalized spacial score (nSPS) is 32.3. The summed E-state index contributed by atoms with van der Waals surface area (Å²) >= 11 is 0. The molecule has 142 valence electrons. The molecule has 4 heteroatoms. The number of fused-ring (bicyclic) bond motifs is 3. The summed E-state index contributed by atoms with van der Waals surface area (Å²) in [5.74, 6) is -0.219. The Balaban J connectivity index is 1.56. The van der Waals surface area contributed by atoms with Gasteiger partial charge in [0.05, 0.1) is 29.3 Å². The van der Waals surface area contributed by atoms with E-state index in [0.29, 0.717) is 6.10 Å². The van der Waals surface area contributed by atoms with Crippen molar-refractivity contribution >= 4 is 6.08 Å². The van der Waals surface area contributed by atoms with Gasteiger partial charge in [-0.25, -0.2) is 9.07 Å². The van der Waals surface area contributed by atoms with Crippen LogP contribution in [0.3, 0.4) is 0 Å². The number of nitrogens with zero attached hydrogens (tertiary/aromatic N) is 2. The fourth-order valence-corrected chi connectivity index (χ4v) is 5.64. The van der Waals surface area contributed by atoms with Crippen LogP contribution in [0.1, 0.15) is 63.6 Å². The zero-order valence-electron chi connectivity index (χ0n) is 16.2. The Bertz CT molecular complexity index is 900. The fourth-order valence-electron chi connectivity index (χ4n) is 5.64. The lowest BCUT2D eigenvalue weighted by Gasteiger charge is -2.52. The van der Waals surface area contributed by atoms with Crippen LogP contribution in [0.5, 0.6) is 0 Å². The minimum absolute atomic E-state index is 0.0204. The van der Waals surface area contributed by atoms with Gasteiger partial charge in [-0.05, 0) is 80.9 Å². The highest BCUT2D eigenvalue weighted by molar-refractivity contribution is 5.62. The average molecular weight is 366 g/mol. The van der Waals surface area contributed by atoms with E-state index in [1.54, 1.807) is 12.1 Å². The SMILES string of the molecule is CC[C@H]1CC[C@]2(CCCC3=Cc4c(cnn4-c4ccc(F)cc4)C[C@@]32C)O1. The van der Waals surface area contributed by atoms with Crippen molar-refractivity contribution < 1.29 is 9.13 Å². The standard InChI is InChI=1S/C23H27FN2O/c1-3-20-10-12-23(27-20)11-4-5-17-13-21-16(14-22(17,23)2)15-25-26(21)19-8-6-18(24)7-9-19/h6-9,13,15,20H,3-5,10-12,14H2,1-2H3/t20-,22-,23-/m0/s1. The van der Waals surface area contributed by atoms with Crippen molar-refractivity contribution in [2.75, 3.05) is 0 Å². The van der Waals surface area contributed by atoms with Crippen molar-refractivity contribution in [3.05, 3.63) is 53.1 Å². The Hall–Kier alpha value is -1.94. The number of ether oxygens (including phenoxy) is 1. The zero-order valence-corrected chi connectivity index (χ0v) is 16.2. The summed E-state index contributed by atoms with van der Waals surface area (Å²) in [5.41, 5.74) is 4.87. The molecule has 1 saturated heterocycles. The summed E-state index contributed by atoms with van der Waals surface area (Å²) in [6.45, 7) is 4.64. The predicted molar refractivity (Wildman–Crippen MR) is 104 cm³/mol. The van der Waals surface area contributed by atoms with Crippen LogP contribution in [0.4, 0.5) is 4.39 Å². The fraction of sp³-hybridized carbons (Fsp3) is 0.522. The molecule has 3 atom stereocenters. The van der Waals surface area contributed by atoms with Crippen LogP contribution in [0.15, 0.2) is 36.0 Å². The molecule has 3 nitrogen and oxygen atoms in total. The molecule has 5 rings (SSSR count). The van der Waals surface area contributed by atoms with E-state index in [1.165, 1.54) is 49.0 Å². The van der Waals surface area contributed by atoms with E-state index in [-0.39, 0.29) is 16.8 Å². The summed E-state index contributed by atoms with van der Waals surface area (Å²) in [5, 5.41) is 4.64. The average Bonchev–Trinajstić information content (AvgIpc) is 3.27. The quantitative estimate of drug-likeness (QED) is 0.705. The topological polar surface area (TPSA) is 27.1 Å². The molecule has 0 N–H and O–H groups in total. The van der Waals surface area contributed by atoms with Crippen LogP contribution in [0, 0.1) is 11.2 Å². The summed E-state index contributed by atoms with van der Waals surface area (Å²) in [7, 11) is 0. The number of hydrogen-bond donors (Lipinski definition) is 0. The van der Waals surface area contributed by atoms with Gasteiger partial charge in [-0.1, -0.05) is 19.4 Å². The molecule has 2 heterocycles. The Kier molecular flexibility index (Phi) is 3.84. The van der Waals surface area contributed by atoms with Crippen molar-refractivity contribution in [1.82, 2.24) is 9.78 Å². The molecule has 0 bridgehead atoms. The maximum Gasteiger partial charge on any atom is 0.123 e. The molecule has 2 aromatic rings. The highest BCUT2D eigenvalue weighted by Crippen LogP contribution is 2.59. The lowest BCUT2D eigenvalue weighted by molar-refractivity contribution is -0.123. The van der Waals surface area contributed by atoms with Gasteiger partial charge in [0.1, 0.15) is 5.82 Å². The van der Waals surface area contributed by atoms with Gasteiger partial charge in [-0.3, -0.25) is 0 Å². The second kappa shape index (κ2) is 6.03. The second-order valence-corrected chi connectivity index (χ2v) is 8.66. The monoisotopic (exact) mass is 366 g/mol. The van der Waals surface area contributed by atoms with Crippen LogP contribution < -0.4 is 0 Å². The molecule has 1 aromatic heterocycles. The van der Waals surface area contributed by atoms with Crippen LogP contribution in [0.2, 0.25) is 0 Å². The maximum atomic E-state index is 13.3. The molecule has 27 heavy (non-hydrogen) atoms. The lowest BCUT2D eigenvalue weighted by Crippen LogP contribution is -2.52. The van der Waals surface area contributed by atoms with Gasteiger partial charge in [0.2, 0.25) is 0 Å². The van der Waals surface area contributed by atoms with E-state index in [9.17, 15) is 4.39 Å². The molecule has 0 unspecified atom stereocenters. The zero-order chi connectivity index (χ0) is 18.6. The van der Waals surface area contributed by atoms with Crippen molar-refractivity contribution in [3.8, 4) is 5.69 Å². The van der Waals surface area contributed by atoms with E-state index in [0.717, 1.165) is 30.6 Å². The Labute approximate surface area is 160 Å². The Morgan fingerprint density at radius 3 is 2.81 bits per heavy atom. The molecule has 1 aliphatic heterocycles. The molecule has 3 aliphatic rings. The third-order valence-electron chi connectivity index (χ3n) is 7.27. The largest absolute Gasteiger partial charge is 0.371 e. The van der Waals surface area contributed by atoms with Gasteiger partial charge >= 0.3 is 0 Å². The van der Waals surface area contributed by atoms with Crippen LogP contribution >= 0.6 is 0 Å². The van der Waals surface area contributed by atoms with E-state index < -0.39 is 0 Å². The Morgan fingerprint density at radius 2 is 2.07 bits per heavy atom. The molecular weight excluding hydrogens is 339 g/mol. The Morgan fingerprint density at radius 1 is 1.26 bits per heavy atom. The van der Waals surface area contributed by atoms with E-state index in [4.69, 9.17) is 4.74 Å². The molecule has 1 aromatic carbocycles. The van der Waals surface area contributed by atoms with E-state index in [2.05, 4.69) is 25.0 Å². The third-order valence-corrected chi connectivity index (χ3v) is 7.27. The number of rotatable bonds is 2. The van der Waals surface area contributed by atoms with Gasteiger partial charge < -0.3 is 4.74 Å². The third kappa shape index (κ3) is 2.46. The number of aromatic nitrogens is 2. The van der Waals surface area contributed by atoms with Crippen LogP contribution in [-0.2, 0) is 11.2 Å². The second-order valence-electron chi connectivity index (χ2n) is 8.66. The van der Waals surface area contributed by atoms with Gasteiger partial charge in [-0.15, -0.1) is 0 Å². The summed E-state index contributed by atoms with van der Waals surface area (Å²) in [6.07, 6.45) is 12.7. The first-order chi connectivity index (χ1) is 13.0. The van der Waals surface area contributed by atoms with E-state index in [1.807, 2.05) is 10.9 Å². The first kappa shape index (κ1) is 17.2. The number of benzene rings is 1. The molecule has 1 spiro atoms. The highest BCUT2D eigenvalue weighted by Gasteiger charge is 2.57. The molecule has 2 aliphatic carbocycles. The van der Waals surface area contributed by atoms with Gasteiger partial charge in [0, 0.05) is 5.41 Å². The summed E-state index contributed by atoms with van der Waals surface area (Å²) in [6, 6.07) is 6.58. The first-order valence-corrected chi connectivity index (χ1v) is 10.3. The summed E-state index contributed by atoms with van der Waals surface area (Å²) in [4.78, 5) is 0. The number of hydrogen-bond acceptors (Lipinski definition) is 2. The van der Waals surface area contributed by atoms with Crippen molar-refractivity contribution in [2.24, 2.45) is 5.41 Å². The molecule has 1 saturated carbocycles. The minimum Gasteiger partial charge on any atom is -0.371 e. The molecule has 0 amide bonds. The minimum atomic E-state index is -0.219. The molecular formula is C23H27FN2O. The van der Waals surface area contributed by atoms with E-state index >= 15 is 0 Å². The van der Waals surface area contributed by atoms with Gasteiger partial charge in [-0.2, -0.15) is 5.10 Å². The first-order valence-electron chi connectivity index (χ1n) is 10.3. The maximum absolute atomic E-state index is 13.3. The smallest absolute Gasteiger partial charge is 0.123 e. The molecule has 2 fully saturated rings. The highest BCUT2D eigenvalue weighted by atomic mass is 19.1.